The third-order valence-electron chi connectivity index (χ3n) is 5.49. The molecule has 2 aliphatic rings. The van der Waals surface area contributed by atoms with Crippen LogP contribution in [0, 0.1) is 0 Å². The molecule has 1 saturated carbocycles. The lowest BCUT2D eigenvalue weighted by atomic mass is 9.98. The van der Waals surface area contributed by atoms with Crippen molar-refractivity contribution in [2.75, 3.05) is 6.54 Å². The number of hydrogen-bond donors (Lipinski definition) is 2. The minimum atomic E-state index is -0.768. The van der Waals surface area contributed by atoms with E-state index in [0.717, 1.165) is 23.3 Å². The minimum Gasteiger partial charge on any atom is -0.348 e. The number of rotatable bonds is 5. The van der Waals surface area contributed by atoms with Crippen molar-refractivity contribution in [2.24, 2.45) is 0 Å². The van der Waals surface area contributed by atoms with E-state index < -0.39 is 11.6 Å². The molecule has 0 bridgehead atoms. The summed E-state index contributed by atoms with van der Waals surface area (Å²) in [7, 11) is 0. The molecule has 0 aromatic heterocycles. The molecule has 6 heteroatoms. The van der Waals surface area contributed by atoms with Crippen molar-refractivity contribution in [2.45, 2.75) is 64.0 Å². The van der Waals surface area contributed by atoms with Crippen LogP contribution >= 0.6 is 0 Å². The molecule has 26 heavy (non-hydrogen) atoms. The number of carbonyl (C=O) groups excluding carboxylic acids is 3. The fourth-order valence-electron chi connectivity index (χ4n) is 3.82. The van der Waals surface area contributed by atoms with Gasteiger partial charge in [0, 0.05) is 0 Å². The van der Waals surface area contributed by atoms with Crippen LogP contribution in [0.1, 0.15) is 69.5 Å². The van der Waals surface area contributed by atoms with Crippen LogP contribution in [-0.2, 0) is 9.59 Å². The van der Waals surface area contributed by atoms with E-state index >= 15 is 0 Å². The van der Waals surface area contributed by atoms with E-state index in [2.05, 4.69) is 36.6 Å². The molecule has 1 saturated heterocycles. The lowest BCUT2D eigenvalue weighted by Crippen LogP contribution is -2.45. The van der Waals surface area contributed by atoms with E-state index in [1.54, 1.807) is 0 Å². The number of nitrogens with one attached hydrogen (secondary N) is 2. The van der Waals surface area contributed by atoms with Crippen LogP contribution in [0.5, 0.6) is 0 Å². The molecule has 4 amide bonds. The van der Waals surface area contributed by atoms with Gasteiger partial charge in [0.2, 0.25) is 5.91 Å². The maximum absolute atomic E-state index is 12.6. The predicted octanol–water partition coefficient (Wildman–Crippen LogP) is 2.85. The van der Waals surface area contributed by atoms with E-state index in [1.807, 2.05) is 19.1 Å². The Morgan fingerprint density at radius 1 is 1.12 bits per heavy atom. The number of carbonyl (C=O) groups is 3. The van der Waals surface area contributed by atoms with Gasteiger partial charge >= 0.3 is 6.03 Å². The highest BCUT2D eigenvalue weighted by Gasteiger charge is 2.52. The molecule has 1 aliphatic carbocycles. The summed E-state index contributed by atoms with van der Waals surface area (Å²) in [6.07, 6.45) is 3.17. The predicted molar refractivity (Wildman–Crippen MR) is 98.5 cm³/mol. The summed E-state index contributed by atoms with van der Waals surface area (Å²) in [6.45, 7) is 5.93. The van der Waals surface area contributed by atoms with Gasteiger partial charge in [0.05, 0.1) is 6.04 Å². The van der Waals surface area contributed by atoms with E-state index in [1.165, 1.54) is 5.56 Å². The van der Waals surface area contributed by atoms with Gasteiger partial charge in [0.15, 0.2) is 0 Å². The third-order valence-corrected chi connectivity index (χ3v) is 5.49. The average molecular weight is 357 g/mol. The van der Waals surface area contributed by atoms with Crippen molar-refractivity contribution >= 4 is 17.8 Å². The molecule has 1 heterocycles. The standard InChI is InChI=1S/C20H27N3O3/c1-13(2)15-6-8-16(9-7-15)14(3)21-17(24)12-23-18(25)20(22-19(23)26)10-4-5-11-20/h6-9,13-14H,4-5,10-12H2,1-3H3,(H,21,24)(H,22,26). The van der Waals surface area contributed by atoms with Crippen LogP contribution in [0.2, 0.25) is 0 Å². The highest BCUT2D eigenvalue weighted by molar-refractivity contribution is 6.09. The number of nitrogens with zero attached hydrogens (tertiary/aromatic N) is 1. The summed E-state index contributed by atoms with van der Waals surface area (Å²) in [6, 6.07) is 7.47. The molecule has 6 nitrogen and oxygen atoms in total. The molecule has 2 fully saturated rings. The maximum Gasteiger partial charge on any atom is 0.325 e. The largest absolute Gasteiger partial charge is 0.348 e. The number of hydrogen-bond acceptors (Lipinski definition) is 3. The van der Waals surface area contributed by atoms with E-state index in [-0.39, 0.29) is 24.4 Å². The molecular formula is C20H27N3O3. The van der Waals surface area contributed by atoms with Crippen molar-refractivity contribution in [1.82, 2.24) is 15.5 Å². The van der Waals surface area contributed by atoms with E-state index in [9.17, 15) is 14.4 Å². The average Bonchev–Trinajstić information content (AvgIpc) is 3.16. The first kappa shape index (κ1) is 18.4. The summed E-state index contributed by atoms with van der Waals surface area (Å²) < 4.78 is 0. The Kier molecular flexibility index (Phi) is 5.03. The minimum absolute atomic E-state index is 0.190. The summed E-state index contributed by atoms with van der Waals surface area (Å²) >= 11 is 0. The molecule has 2 N–H and O–H groups in total. The lowest BCUT2D eigenvalue weighted by molar-refractivity contribution is -0.135. The number of urea groups is 1. The van der Waals surface area contributed by atoms with Crippen LogP contribution in [-0.4, -0.2) is 34.8 Å². The summed E-state index contributed by atoms with van der Waals surface area (Å²) in [5.74, 6) is -0.135. The molecule has 140 valence electrons. The first-order chi connectivity index (χ1) is 12.3. The third kappa shape index (κ3) is 3.45. The fraction of sp³-hybridized carbons (Fsp3) is 0.550. The number of imide groups is 1. The van der Waals surface area contributed by atoms with E-state index in [0.29, 0.717) is 18.8 Å². The van der Waals surface area contributed by atoms with Crippen molar-refractivity contribution in [3.8, 4) is 0 Å². The topological polar surface area (TPSA) is 78.5 Å². The zero-order valence-electron chi connectivity index (χ0n) is 15.7. The Hall–Kier alpha value is -2.37. The van der Waals surface area contributed by atoms with Gasteiger partial charge in [0.1, 0.15) is 12.1 Å². The van der Waals surface area contributed by atoms with Gasteiger partial charge in [-0.05, 0) is 36.8 Å². The highest BCUT2D eigenvalue weighted by atomic mass is 16.2. The molecule has 1 atom stereocenters. The first-order valence-electron chi connectivity index (χ1n) is 9.36. The van der Waals surface area contributed by atoms with Crippen LogP contribution in [0.4, 0.5) is 4.79 Å². The van der Waals surface area contributed by atoms with Crippen LogP contribution < -0.4 is 10.6 Å². The summed E-state index contributed by atoms with van der Waals surface area (Å²) in [5, 5.41) is 5.67. The monoisotopic (exact) mass is 357 g/mol. The van der Waals surface area contributed by atoms with Gasteiger partial charge in [-0.1, -0.05) is 51.0 Å². The molecule has 3 rings (SSSR count). The molecule has 1 unspecified atom stereocenters. The molecule has 0 radical (unpaired) electrons. The van der Waals surface area contributed by atoms with Gasteiger partial charge in [0.25, 0.3) is 5.91 Å². The second kappa shape index (κ2) is 7.09. The Labute approximate surface area is 154 Å². The van der Waals surface area contributed by atoms with Crippen LogP contribution in [0.3, 0.4) is 0 Å². The second-order valence-electron chi connectivity index (χ2n) is 7.72. The Bertz CT molecular complexity index is 706. The highest BCUT2D eigenvalue weighted by Crippen LogP contribution is 2.34. The zero-order chi connectivity index (χ0) is 18.9. The quantitative estimate of drug-likeness (QED) is 0.796. The van der Waals surface area contributed by atoms with Crippen molar-refractivity contribution < 1.29 is 14.4 Å². The second-order valence-corrected chi connectivity index (χ2v) is 7.72. The lowest BCUT2D eigenvalue weighted by Gasteiger charge is -2.20. The van der Waals surface area contributed by atoms with Crippen molar-refractivity contribution in [3.63, 3.8) is 0 Å². The van der Waals surface area contributed by atoms with E-state index in [4.69, 9.17) is 0 Å². The van der Waals surface area contributed by atoms with Crippen LogP contribution in [0.15, 0.2) is 24.3 Å². The normalized spacial score (nSPS) is 19.9. The molecule has 1 spiro atoms. The molecular weight excluding hydrogens is 330 g/mol. The maximum atomic E-state index is 12.6. The summed E-state index contributed by atoms with van der Waals surface area (Å²) in [4.78, 5) is 38.2. The van der Waals surface area contributed by atoms with Gasteiger partial charge in [-0.3, -0.25) is 14.5 Å². The Morgan fingerprint density at radius 3 is 2.27 bits per heavy atom. The van der Waals surface area contributed by atoms with Crippen LogP contribution in [0.25, 0.3) is 0 Å². The first-order valence-corrected chi connectivity index (χ1v) is 9.36. The Balaban J connectivity index is 1.60. The fourth-order valence-corrected chi connectivity index (χ4v) is 3.82. The smallest absolute Gasteiger partial charge is 0.325 e. The number of amides is 4. The molecule has 1 aromatic rings. The van der Waals surface area contributed by atoms with Crippen molar-refractivity contribution in [1.29, 1.82) is 0 Å². The zero-order valence-corrected chi connectivity index (χ0v) is 15.7. The molecule has 1 aromatic carbocycles. The van der Waals surface area contributed by atoms with Gasteiger partial charge < -0.3 is 10.6 Å². The molecule has 1 aliphatic heterocycles. The summed E-state index contributed by atoms with van der Waals surface area (Å²) in [5.41, 5.74) is 1.47. The van der Waals surface area contributed by atoms with Gasteiger partial charge in [-0.2, -0.15) is 0 Å². The number of benzene rings is 1. The van der Waals surface area contributed by atoms with Gasteiger partial charge in [-0.25, -0.2) is 4.79 Å². The SMILES string of the molecule is CC(C)c1ccc(C(C)NC(=O)CN2C(=O)NC3(CCCC3)C2=O)cc1. The van der Waals surface area contributed by atoms with Gasteiger partial charge in [-0.15, -0.1) is 0 Å². The Morgan fingerprint density at radius 2 is 1.69 bits per heavy atom. The van der Waals surface area contributed by atoms with Crippen molar-refractivity contribution in [3.05, 3.63) is 35.4 Å².